The number of H-pyrrole nitrogens is 1. The summed E-state index contributed by atoms with van der Waals surface area (Å²) in [5, 5.41) is 5.77. The number of para-hydroxylation sites is 1. The summed E-state index contributed by atoms with van der Waals surface area (Å²) in [6.07, 6.45) is 1.51. The average molecular weight is 335 g/mol. The number of anilines is 3. The van der Waals surface area contributed by atoms with Gasteiger partial charge in [-0.2, -0.15) is 0 Å². The summed E-state index contributed by atoms with van der Waals surface area (Å²) in [6, 6.07) is 13.1. The molecule has 0 saturated heterocycles. The van der Waals surface area contributed by atoms with Crippen molar-refractivity contribution in [3.05, 3.63) is 76.1 Å². The minimum absolute atomic E-state index is 0.172. The Morgan fingerprint density at radius 2 is 1.80 bits per heavy atom. The highest BCUT2D eigenvalue weighted by Crippen LogP contribution is 2.15. The number of nitrogens with one attached hydrogen (secondary N) is 3. The van der Waals surface area contributed by atoms with Gasteiger partial charge in [0.25, 0.3) is 11.5 Å². The maximum Gasteiger partial charge on any atom is 0.280 e. The van der Waals surface area contributed by atoms with Crippen molar-refractivity contribution in [2.75, 3.05) is 10.6 Å². The number of rotatable bonds is 4. The lowest BCUT2D eigenvalue weighted by molar-refractivity contribution is 0.102. The molecular formula is C18H17N5O2. The first-order valence-corrected chi connectivity index (χ1v) is 7.70. The van der Waals surface area contributed by atoms with Crippen LogP contribution >= 0.6 is 0 Å². The van der Waals surface area contributed by atoms with Crippen LogP contribution in [-0.2, 0) is 0 Å². The molecule has 0 bridgehead atoms. The molecule has 1 aromatic carbocycles. The standard InChI is InChI=1S/C18H17N5O2/c1-11-12(2)21-17(24)16(20-11)18(25)23-14-8-9-15(19-10-14)22-13-6-4-3-5-7-13/h3-10H,1-2H3,(H,19,22)(H,21,24)(H,23,25). The van der Waals surface area contributed by atoms with Gasteiger partial charge in [0.1, 0.15) is 5.82 Å². The third-order valence-electron chi connectivity index (χ3n) is 3.62. The fourth-order valence-electron chi connectivity index (χ4n) is 2.18. The maximum atomic E-state index is 12.2. The SMILES string of the molecule is Cc1nc(C(=O)Nc2ccc(Nc3ccccc3)nc2)c(=O)[nH]c1C. The molecule has 0 fully saturated rings. The molecule has 3 N–H and O–H groups in total. The first kappa shape index (κ1) is 16.4. The summed E-state index contributed by atoms with van der Waals surface area (Å²) in [7, 11) is 0. The highest BCUT2D eigenvalue weighted by molar-refractivity contribution is 6.02. The zero-order valence-electron chi connectivity index (χ0n) is 13.8. The van der Waals surface area contributed by atoms with E-state index < -0.39 is 11.5 Å². The molecule has 0 atom stereocenters. The molecule has 0 saturated carbocycles. The predicted molar refractivity (Wildman–Crippen MR) is 96.2 cm³/mol. The molecule has 0 aliphatic rings. The van der Waals surface area contributed by atoms with Crippen LogP contribution in [0.1, 0.15) is 21.9 Å². The van der Waals surface area contributed by atoms with Gasteiger partial charge < -0.3 is 15.6 Å². The summed E-state index contributed by atoms with van der Waals surface area (Å²) >= 11 is 0. The Labute approximate surface area is 144 Å². The van der Waals surface area contributed by atoms with Crippen LogP contribution in [0.4, 0.5) is 17.2 Å². The fraction of sp³-hybridized carbons (Fsp3) is 0.111. The summed E-state index contributed by atoms with van der Waals surface area (Å²) in [6.45, 7) is 3.46. The van der Waals surface area contributed by atoms with Crippen molar-refractivity contribution in [1.29, 1.82) is 0 Å². The van der Waals surface area contributed by atoms with Gasteiger partial charge >= 0.3 is 0 Å². The van der Waals surface area contributed by atoms with Gasteiger partial charge in [0, 0.05) is 11.4 Å². The highest BCUT2D eigenvalue weighted by atomic mass is 16.2. The number of amides is 1. The topological polar surface area (TPSA) is 99.8 Å². The molecule has 126 valence electrons. The van der Waals surface area contributed by atoms with Crippen LogP contribution in [0, 0.1) is 13.8 Å². The van der Waals surface area contributed by atoms with E-state index in [0.717, 1.165) is 5.69 Å². The van der Waals surface area contributed by atoms with Gasteiger partial charge in [-0.3, -0.25) is 9.59 Å². The maximum absolute atomic E-state index is 12.2. The average Bonchev–Trinajstić information content (AvgIpc) is 2.60. The van der Waals surface area contributed by atoms with Crippen LogP contribution in [0.15, 0.2) is 53.5 Å². The Bertz CT molecular complexity index is 949. The molecular weight excluding hydrogens is 318 g/mol. The van der Waals surface area contributed by atoms with Gasteiger partial charge in [-0.1, -0.05) is 18.2 Å². The Kier molecular flexibility index (Phi) is 4.56. The molecule has 0 aliphatic carbocycles. The number of aromatic nitrogens is 3. The van der Waals surface area contributed by atoms with Crippen LogP contribution in [0.3, 0.4) is 0 Å². The first-order chi connectivity index (χ1) is 12.0. The summed E-state index contributed by atoms with van der Waals surface area (Å²) in [5.74, 6) is 0.0706. The van der Waals surface area contributed by atoms with Gasteiger partial charge in [-0.05, 0) is 38.1 Å². The zero-order chi connectivity index (χ0) is 17.8. The number of hydrogen-bond donors (Lipinski definition) is 3. The molecule has 2 aromatic heterocycles. The second-order valence-corrected chi connectivity index (χ2v) is 5.50. The number of hydrogen-bond acceptors (Lipinski definition) is 5. The van der Waals surface area contributed by atoms with Gasteiger partial charge in [0.05, 0.1) is 17.6 Å². The van der Waals surface area contributed by atoms with Crippen molar-refractivity contribution in [3.63, 3.8) is 0 Å². The van der Waals surface area contributed by atoms with Gasteiger partial charge in [-0.15, -0.1) is 0 Å². The van der Waals surface area contributed by atoms with Crippen molar-refractivity contribution in [3.8, 4) is 0 Å². The molecule has 0 spiro atoms. The van der Waals surface area contributed by atoms with Crippen molar-refractivity contribution < 1.29 is 4.79 Å². The minimum atomic E-state index is -0.574. The molecule has 0 aliphatic heterocycles. The Balaban J connectivity index is 1.72. The molecule has 25 heavy (non-hydrogen) atoms. The number of pyridine rings is 1. The van der Waals surface area contributed by atoms with Crippen molar-refractivity contribution in [2.45, 2.75) is 13.8 Å². The number of nitrogens with zero attached hydrogens (tertiary/aromatic N) is 2. The molecule has 0 unspecified atom stereocenters. The van der Waals surface area contributed by atoms with Crippen LogP contribution in [0.25, 0.3) is 0 Å². The molecule has 2 heterocycles. The van der Waals surface area contributed by atoms with Gasteiger partial charge in [0.15, 0.2) is 5.69 Å². The molecule has 3 aromatic rings. The first-order valence-electron chi connectivity index (χ1n) is 7.70. The Hall–Kier alpha value is -3.48. The Morgan fingerprint density at radius 1 is 1.04 bits per heavy atom. The summed E-state index contributed by atoms with van der Waals surface area (Å²) in [5.41, 5.74) is 1.94. The van der Waals surface area contributed by atoms with Crippen molar-refractivity contribution in [2.24, 2.45) is 0 Å². The van der Waals surface area contributed by atoms with Gasteiger partial charge in [0.2, 0.25) is 0 Å². The van der Waals surface area contributed by atoms with Gasteiger partial charge in [-0.25, -0.2) is 9.97 Å². The van der Waals surface area contributed by atoms with E-state index in [1.54, 1.807) is 26.0 Å². The van der Waals surface area contributed by atoms with Crippen LogP contribution < -0.4 is 16.2 Å². The lowest BCUT2D eigenvalue weighted by Gasteiger charge is -2.08. The summed E-state index contributed by atoms with van der Waals surface area (Å²) in [4.78, 5) is 35.0. The van der Waals surface area contributed by atoms with E-state index in [1.165, 1.54) is 6.20 Å². The molecule has 3 rings (SSSR count). The van der Waals surface area contributed by atoms with E-state index in [-0.39, 0.29) is 5.69 Å². The zero-order valence-corrected chi connectivity index (χ0v) is 13.8. The number of aromatic amines is 1. The van der Waals surface area contributed by atoms with Crippen LogP contribution in [0.5, 0.6) is 0 Å². The van der Waals surface area contributed by atoms with E-state index in [2.05, 4.69) is 25.6 Å². The lowest BCUT2D eigenvalue weighted by atomic mass is 10.3. The van der Waals surface area contributed by atoms with E-state index in [1.807, 2.05) is 30.3 Å². The lowest BCUT2D eigenvalue weighted by Crippen LogP contribution is -2.26. The number of aryl methyl sites for hydroxylation is 2. The van der Waals surface area contributed by atoms with Crippen molar-refractivity contribution in [1.82, 2.24) is 15.0 Å². The second-order valence-electron chi connectivity index (χ2n) is 5.50. The summed E-state index contributed by atoms with van der Waals surface area (Å²) < 4.78 is 0. The fourth-order valence-corrected chi connectivity index (χ4v) is 2.18. The normalized spacial score (nSPS) is 10.3. The second kappa shape index (κ2) is 6.96. The largest absolute Gasteiger partial charge is 0.340 e. The molecule has 7 heteroatoms. The quantitative estimate of drug-likeness (QED) is 0.681. The number of benzene rings is 1. The third-order valence-corrected chi connectivity index (χ3v) is 3.62. The Morgan fingerprint density at radius 3 is 2.48 bits per heavy atom. The van der Waals surface area contributed by atoms with E-state index in [9.17, 15) is 9.59 Å². The number of carbonyl (C=O) groups excluding carboxylic acids is 1. The highest BCUT2D eigenvalue weighted by Gasteiger charge is 2.14. The monoisotopic (exact) mass is 335 g/mol. The van der Waals surface area contributed by atoms with Crippen LogP contribution in [-0.4, -0.2) is 20.9 Å². The smallest absolute Gasteiger partial charge is 0.280 e. The minimum Gasteiger partial charge on any atom is -0.340 e. The van der Waals surface area contributed by atoms with E-state index in [4.69, 9.17) is 0 Å². The molecule has 1 amide bonds. The van der Waals surface area contributed by atoms with E-state index >= 15 is 0 Å². The third kappa shape index (κ3) is 3.89. The van der Waals surface area contributed by atoms with Crippen molar-refractivity contribution >= 4 is 23.1 Å². The predicted octanol–water partition coefficient (Wildman–Crippen LogP) is 2.78. The van der Waals surface area contributed by atoms with E-state index in [0.29, 0.717) is 22.9 Å². The molecule has 0 radical (unpaired) electrons. The van der Waals surface area contributed by atoms with Crippen LogP contribution in [0.2, 0.25) is 0 Å². The number of carbonyl (C=O) groups is 1. The molecule has 7 nitrogen and oxygen atoms in total.